The summed E-state index contributed by atoms with van der Waals surface area (Å²) in [6.45, 7) is 4.67. The van der Waals surface area contributed by atoms with Crippen LogP contribution in [0.15, 0.2) is 0 Å². The van der Waals surface area contributed by atoms with Crippen LogP contribution in [-0.4, -0.2) is 30.4 Å². The van der Waals surface area contributed by atoms with Crippen LogP contribution in [0.4, 0.5) is 0 Å². The fourth-order valence-electron chi connectivity index (χ4n) is 2.29. The summed E-state index contributed by atoms with van der Waals surface area (Å²) in [5.41, 5.74) is 5.90. The molecule has 14 heavy (non-hydrogen) atoms. The van der Waals surface area contributed by atoms with Gasteiger partial charge in [0.25, 0.3) is 0 Å². The highest BCUT2D eigenvalue weighted by Gasteiger charge is 2.38. The van der Waals surface area contributed by atoms with Crippen molar-refractivity contribution in [3.8, 4) is 0 Å². The highest BCUT2D eigenvalue weighted by Crippen LogP contribution is 2.33. The van der Waals surface area contributed by atoms with E-state index in [4.69, 9.17) is 5.73 Å². The average Bonchev–Trinajstić information content (AvgIpc) is 2.46. The normalized spacial score (nSPS) is 33.1. The first-order valence-electron chi connectivity index (χ1n) is 5.63. The molecule has 2 rings (SSSR count). The molecule has 0 bridgehead atoms. The number of hydrogen-bond donors (Lipinski definition) is 1. The van der Waals surface area contributed by atoms with E-state index in [-0.39, 0.29) is 5.41 Å². The van der Waals surface area contributed by atoms with Crippen LogP contribution in [0.25, 0.3) is 0 Å². The minimum atomic E-state index is 0.180. The summed E-state index contributed by atoms with van der Waals surface area (Å²) in [6.07, 6.45) is 4.52. The molecule has 1 atom stereocenters. The summed E-state index contributed by atoms with van der Waals surface area (Å²) in [7, 11) is 0. The fraction of sp³-hybridized carbons (Fsp3) is 0.909. The van der Waals surface area contributed by atoms with Gasteiger partial charge >= 0.3 is 0 Å². The van der Waals surface area contributed by atoms with Crippen LogP contribution in [0.3, 0.4) is 0 Å². The molecule has 1 saturated heterocycles. The summed E-state index contributed by atoms with van der Waals surface area (Å²) in [5.74, 6) is 0.726. The first kappa shape index (κ1) is 9.97. The standard InChI is InChI=1S/C11H20N2O/c1-11(7-12)5-6-13(8-11)10(14)9-3-2-4-9/h9H,2-8,12H2,1H3. The number of nitrogens with two attached hydrogens (primary N) is 1. The van der Waals surface area contributed by atoms with Crippen LogP contribution in [0, 0.1) is 11.3 Å². The van der Waals surface area contributed by atoms with E-state index in [0.717, 1.165) is 32.4 Å². The summed E-state index contributed by atoms with van der Waals surface area (Å²) < 4.78 is 0. The van der Waals surface area contributed by atoms with E-state index in [1.54, 1.807) is 0 Å². The molecule has 80 valence electrons. The van der Waals surface area contributed by atoms with Gasteiger partial charge in [0.1, 0.15) is 0 Å². The van der Waals surface area contributed by atoms with E-state index in [2.05, 4.69) is 6.92 Å². The number of likely N-dealkylation sites (tertiary alicyclic amines) is 1. The van der Waals surface area contributed by atoms with Crippen LogP contribution in [0.2, 0.25) is 0 Å². The summed E-state index contributed by atoms with van der Waals surface area (Å²) >= 11 is 0. The predicted molar refractivity (Wildman–Crippen MR) is 55.7 cm³/mol. The Morgan fingerprint density at radius 1 is 1.57 bits per heavy atom. The zero-order valence-electron chi connectivity index (χ0n) is 8.96. The van der Waals surface area contributed by atoms with Gasteiger partial charge in [-0.25, -0.2) is 0 Å². The molecule has 0 aromatic heterocycles. The minimum absolute atomic E-state index is 0.180. The molecule has 3 heteroatoms. The van der Waals surface area contributed by atoms with Crippen LogP contribution in [-0.2, 0) is 4.79 Å². The van der Waals surface area contributed by atoms with Gasteiger partial charge in [0.05, 0.1) is 0 Å². The van der Waals surface area contributed by atoms with Crippen molar-refractivity contribution in [1.29, 1.82) is 0 Å². The molecule has 1 amide bonds. The van der Waals surface area contributed by atoms with E-state index >= 15 is 0 Å². The summed E-state index contributed by atoms with van der Waals surface area (Å²) in [4.78, 5) is 13.9. The Balaban J connectivity index is 1.91. The van der Waals surface area contributed by atoms with Crippen molar-refractivity contribution in [1.82, 2.24) is 4.90 Å². The second-order valence-corrected chi connectivity index (χ2v) is 5.15. The number of rotatable bonds is 2. The maximum Gasteiger partial charge on any atom is 0.225 e. The van der Waals surface area contributed by atoms with E-state index < -0.39 is 0 Å². The Bertz CT molecular complexity index is 237. The fourth-order valence-corrected chi connectivity index (χ4v) is 2.29. The number of hydrogen-bond acceptors (Lipinski definition) is 2. The molecule has 0 spiro atoms. The lowest BCUT2D eigenvalue weighted by atomic mass is 9.84. The summed E-state index contributed by atoms with van der Waals surface area (Å²) in [5, 5.41) is 0. The van der Waals surface area contributed by atoms with Gasteiger partial charge in [-0.3, -0.25) is 4.79 Å². The zero-order chi connectivity index (χ0) is 10.2. The molecule has 1 unspecified atom stereocenters. The van der Waals surface area contributed by atoms with Crippen molar-refractivity contribution in [2.24, 2.45) is 17.1 Å². The van der Waals surface area contributed by atoms with Crippen LogP contribution >= 0.6 is 0 Å². The van der Waals surface area contributed by atoms with Gasteiger partial charge < -0.3 is 10.6 Å². The van der Waals surface area contributed by atoms with Gasteiger partial charge in [0.2, 0.25) is 5.91 Å². The Morgan fingerprint density at radius 2 is 2.29 bits per heavy atom. The number of amides is 1. The SMILES string of the molecule is CC1(CN)CCN(C(=O)C2CCC2)C1. The molecule has 2 aliphatic rings. The highest BCUT2D eigenvalue weighted by atomic mass is 16.2. The van der Waals surface area contributed by atoms with Crippen molar-refractivity contribution >= 4 is 5.91 Å². The topological polar surface area (TPSA) is 46.3 Å². The lowest BCUT2D eigenvalue weighted by molar-refractivity contribution is -0.137. The molecule has 1 saturated carbocycles. The number of carbonyl (C=O) groups is 1. The molecule has 1 aliphatic heterocycles. The Kier molecular flexibility index (Phi) is 2.52. The van der Waals surface area contributed by atoms with Crippen LogP contribution < -0.4 is 5.73 Å². The maximum atomic E-state index is 11.9. The molecule has 0 aromatic carbocycles. The van der Waals surface area contributed by atoms with E-state index in [1.807, 2.05) is 4.90 Å². The molecular weight excluding hydrogens is 176 g/mol. The molecule has 2 N–H and O–H groups in total. The zero-order valence-corrected chi connectivity index (χ0v) is 8.96. The van der Waals surface area contributed by atoms with Gasteiger partial charge in [0.15, 0.2) is 0 Å². The lowest BCUT2D eigenvalue weighted by Crippen LogP contribution is -2.39. The van der Waals surface area contributed by atoms with Crippen molar-refractivity contribution < 1.29 is 4.79 Å². The Labute approximate surface area is 85.6 Å². The first-order chi connectivity index (χ1) is 6.64. The predicted octanol–water partition coefficient (Wildman–Crippen LogP) is 0.984. The van der Waals surface area contributed by atoms with Crippen LogP contribution in [0.5, 0.6) is 0 Å². The number of carbonyl (C=O) groups excluding carboxylic acids is 1. The second-order valence-electron chi connectivity index (χ2n) is 5.15. The Hall–Kier alpha value is -0.570. The Morgan fingerprint density at radius 3 is 2.71 bits per heavy atom. The third-order valence-electron chi connectivity index (χ3n) is 3.82. The largest absolute Gasteiger partial charge is 0.342 e. The van der Waals surface area contributed by atoms with E-state index in [9.17, 15) is 4.79 Å². The van der Waals surface area contributed by atoms with E-state index in [0.29, 0.717) is 18.4 Å². The molecule has 3 nitrogen and oxygen atoms in total. The van der Waals surface area contributed by atoms with Crippen molar-refractivity contribution in [2.75, 3.05) is 19.6 Å². The minimum Gasteiger partial charge on any atom is -0.342 e. The molecule has 1 heterocycles. The number of nitrogens with zero attached hydrogens (tertiary/aromatic N) is 1. The molecular formula is C11H20N2O. The van der Waals surface area contributed by atoms with Crippen molar-refractivity contribution in [3.63, 3.8) is 0 Å². The van der Waals surface area contributed by atoms with Gasteiger partial charge in [-0.1, -0.05) is 13.3 Å². The third-order valence-corrected chi connectivity index (χ3v) is 3.82. The van der Waals surface area contributed by atoms with Gasteiger partial charge in [0, 0.05) is 19.0 Å². The van der Waals surface area contributed by atoms with Gasteiger partial charge in [-0.2, -0.15) is 0 Å². The van der Waals surface area contributed by atoms with Crippen molar-refractivity contribution in [2.45, 2.75) is 32.6 Å². The molecule has 1 aliphatic carbocycles. The van der Waals surface area contributed by atoms with E-state index in [1.165, 1.54) is 6.42 Å². The monoisotopic (exact) mass is 196 g/mol. The smallest absolute Gasteiger partial charge is 0.225 e. The summed E-state index contributed by atoms with van der Waals surface area (Å²) in [6, 6.07) is 0. The molecule has 0 aromatic rings. The second kappa shape index (κ2) is 3.54. The lowest BCUT2D eigenvalue weighted by Gasteiger charge is -2.30. The van der Waals surface area contributed by atoms with Gasteiger partial charge in [-0.15, -0.1) is 0 Å². The average molecular weight is 196 g/mol. The van der Waals surface area contributed by atoms with Crippen molar-refractivity contribution in [3.05, 3.63) is 0 Å². The molecule has 2 fully saturated rings. The third kappa shape index (κ3) is 1.65. The molecule has 0 radical (unpaired) electrons. The van der Waals surface area contributed by atoms with Crippen LogP contribution in [0.1, 0.15) is 32.6 Å². The highest BCUT2D eigenvalue weighted by molar-refractivity contribution is 5.79. The van der Waals surface area contributed by atoms with Gasteiger partial charge in [-0.05, 0) is 31.2 Å². The first-order valence-corrected chi connectivity index (χ1v) is 5.63. The maximum absolute atomic E-state index is 11.9. The quantitative estimate of drug-likeness (QED) is 0.715.